The van der Waals surface area contributed by atoms with E-state index in [1.54, 1.807) is 24.5 Å². The summed E-state index contributed by atoms with van der Waals surface area (Å²) in [4.78, 5) is 30.1. The van der Waals surface area contributed by atoms with E-state index in [9.17, 15) is 14.0 Å². The van der Waals surface area contributed by atoms with E-state index < -0.39 is 0 Å². The molecule has 0 saturated carbocycles. The lowest BCUT2D eigenvalue weighted by molar-refractivity contribution is 0.0690. The Kier molecular flexibility index (Phi) is 5.78. The SMILES string of the molecule is O=C(NCC1CCN(C(=O)c2cccnc2)CC1)Nc1ccc(F)cc1. The smallest absolute Gasteiger partial charge is 0.319 e. The Hall–Kier alpha value is -2.96. The Labute approximate surface area is 151 Å². The maximum absolute atomic E-state index is 12.9. The molecule has 1 aromatic carbocycles. The fraction of sp³-hybridized carbons (Fsp3) is 0.316. The van der Waals surface area contributed by atoms with E-state index in [0.29, 0.717) is 36.8 Å². The van der Waals surface area contributed by atoms with Gasteiger partial charge in [0.25, 0.3) is 5.91 Å². The zero-order valence-electron chi connectivity index (χ0n) is 14.3. The molecule has 0 spiro atoms. The maximum Gasteiger partial charge on any atom is 0.319 e. The fourth-order valence-electron chi connectivity index (χ4n) is 2.96. The summed E-state index contributed by atoms with van der Waals surface area (Å²) in [6.45, 7) is 1.88. The van der Waals surface area contributed by atoms with Gasteiger partial charge in [-0.3, -0.25) is 9.78 Å². The van der Waals surface area contributed by atoms with Crippen LogP contribution in [0, 0.1) is 11.7 Å². The number of rotatable bonds is 4. The number of hydrogen-bond donors (Lipinski definition) is 2. The van der Waals surface area contributed by atoms with Crippen LogP contribution in [0.15, 0.2) is 48.8 Å². The summed E-state index contributed by atoms with van der Waals surface area (Å²) in [6.07, 6.45) is 4.90. The van der Waals surface area contributed by atoms with E-state index in [1.807, 2.05) is 4.90 Å². The number of benzene rings is 1. The van der Waals surface area contributed by atoms with E-state index in [-0.39, 0.29) is 17.8 Å². The van der Waals surface area contributed by atoms with Gasteiger partial charge in [0.05, 0.1) is 5.56 Å². The van der Waals surface area contributed by atoms with Crippen LogP contribution in [0.5, 0.6) is 0 Å². The molecule has 2 heterocycles. The van der Waals surface area contributed by atoms with Crippen LogP contribution in [0.1, 0.15) is 23.2 Å². The van der Waals surface area contributed by atoms with Gasteiger partial charge in [0.1, 0.15) is 5.82 Å². The van der Waals surface area contributed by atoms with Crippen molar-refractivity contribution in [1.82, 2.24) is 15.2 Å². The summed E-state index contributed by atoms with van der Waals surface area (Å²) in [5.41, 5.74) is 1.14. The third-order valence-electron chi connectivity index (χ3n) is 4.46. The normalized spacial score (nSPS) is 14.7. The average Bonchev–Trinajstić information content (AvgIpc) is 2.69. The van der Waals surface area contributed by atoms with Gasteiger partial charge in [-0.1, -0.05) is 0 Å². The highest BCUT2D eigenvalue weighted by Gasteiger charge is 2.24. The number of carbonyl (C=O) groups is 2. The Morgan fingerprint density at radius 1 is 1.15 bits per heavy atom. The molecule has 3 amide bonds. The van der Waals surface area contributed by atoms with Crippen molar-refractivity contribution in [3.05, 3.63) is 60.2 Å². The largest absolute Gasteiger partial charge is 0.339 e. The molecule has 1 aromatic heterocycles. The predicted octanol–water partition coefficient (Wildman–Crippen LogP) is 2.89. The molecule has 1 saturated heterocycles. The monoisotopic (exact) mass is 356 g/mol. The second-order valence-electron chi connectivity index (χ2n) is 6.32. The van der Waals surface area contributed by atoms with Crippen LogP contribution < -0.4 is 10.6 Å². The highest BCUT2D eigenvalue weighted by molar-refractivity contribution is 5.94. The maximum atomic E-state index is 12.9. The molecule has 1 aliphatic rings. The van der Waals surface area contributed by atoms with E-state index in [2.05, 4.69) is 15.6 Å². The second kappa shape index (κ2) is 8.42. The van der Waals surface area contributed by atoms with E-state index in [4.69, 9.17) is 0 Å². The highest BCUT2D eigenvalue weighted by atomic mass is 19.1. The van der Waals surface area contributed by atoms with E-state index >= 15 is 0 Å². The summed E-state index contributed by atoms with van der Waals surface area (Å²) in [5, 5.41) is 5.50. The summed E-state index contributed by atoms with van der Waals surface area (Å²) in [7, 11) is 0. The van der Waals surface area contributed by atoms with E-state index in [0.717, 1.165) is 12.8 Å². The molecule has 2 aromatic rings. The number of piperidine rings is 1. The Bertz CT molecular complexity index is 744. The molecule has 0 radical (unpaired) electrons. The van der Waals surface area contributed by atoms with Crippen molar-refractivity contribution < 1.29 is 14.0 Å². The number of likely N-dealkylation sites (tertiary alicyclic amines) is 1. The Balaban J connectivity index is 1.40. The fourth-order valence-corrected chi connectivity index (χ4v) is 2.96. The Morgan fingerprint density at radius 3 is 2.54 bits per heavy atom. The van der Waals surface area contributed by atoms with Crippen LogP contribution >= 0.6 is 0 Å². The second-order valence-corrected chi connectivity index (χ2v) is 6.32. The third-order valence-corrected chi connectivity index (χ3v) is 4.46. The molecule has 0 bridgehead atoms. The summed E-state index contributed by atoms with van der Waals surface area (Å²) in [5.74, 6) is -0.0194. The van der Waals surface area contributed by atoms with Gasteiger partial charge in [-0.2, -0.15) is 0 Å². The van der Waals surface area contributed by atoms with Crippen LogP contribution in [0.2, 0.25) is 0 Å². The van der Waals surface area contributed by atoms with Gasteiger partial charge < -0.3 is 15.5 Å². The number of nitrogens with zero attached hydrogens (tertiary/aromatic N) is 2. The van der Waals surface area contributed by atoms with Crippen molar-refractivity contribution in [3.63, 3.8) is 0 Å². The number of halogens is 1. The van der Waals surface area contributed by atoms with Crippen LogP contribution in [0.25, 0.3) is 0 Å². The minimum atomic E-state index is -0.344. The molecule has 6 nitrogen and oxygen atoms in total. The van der Waals surface area contributed by atoms with E-state index in [1.165, 1.54) is 24.3 Å². The Morgan fingerprint density at radius 2 is 1.88 bits per heavy atom. The summed E-state index contributed by atoms with van der Waals surface area (Å²) < 4.78 is 12.9. The number of nitrogens with one attached hydrogen (secondary N) is 2. The molecular weight excluding hydrogens is 335 g/mol. The average molecular weight is 356 g/mol. The molecule has 2 N–H and O–H groups in total. The minimum Gasteiger partial charge on any atom is -0.339 e. The first-order valence-electron chi connectivity index (χ1n) is 8.61. The molecule has 3 rings (SSSR count). The van der Waals surface area contributed by atoms with Crippen molar-refractivity contribution in [2.75, 3.05) is 25.0 Å². The molecular formula is C19H21FN4O2. The van der Waals surface area contributed by atoms with Gasteiger partial charge in [0.15, 0.2) is 0 Å². The lowest BCUT2D eigenvalue weighted by Gasteiger charge is -2.32. The van der Waals surface area contributed by atoms with Crippen molar-refractivity contribution >= 4 is 17.6 Å². The zero-order chi connectivity index (χ0) is 18.4. The van der Waals surface area contributed by atoms with Gasteiger partial charge >= 0.3 is 6.03 Å². The number of anilines is 1. The first kappa shape index (κ1) is 17.8. The molecule has 0 aliphatic carbocycles. The van der Waals surface area contributed by atoms with Gasteiger partial charge in [-0.15, -0.1) is 0 Å². The third kappa shape index (κ3) is 4.78. The minimum absolute atomic E-state index is 0.00133. The van der Waals surface area contributed by atoms with Crippen molar-refractivity contribution in [3.8, 4) is 0 Å². The van der Waals surface area contributed by atoms with Crippen LogP contribution in [-0.4, -0.2) is 41.5 Å². The number of amides is 3. The first-order valence-corrected chi connectivity index (χ1v) is 8.61. The topological polar surface area (TPSA) is 74.3 Å². The molecule has 1 fully saturated rings. The molecule has 26 heavy (non-hydrogen) atoms. The number of urea groups is 1. The predicted molar refractivity (Wildman–Crippen MR) is 96.3 cm³/mol. The zero-order valence-corrected chi connectivity index (χ0v) is 14.3. The molecule has 7 heteroatoms. The van der Waals surface area contributed by atoms with Crippen molar-refractivity contribution in [2.45, 2.75) is 12.8 Å². The molecule has 136 valence electrons. The number of aromatic nitrogens is 1. The first-order chi connectivity index (χ1) is 12.6. The van der Waals surface area contributed by atoms with Crippen LogP contribution in [-0.2, 0) is 0 Å². The standard InChI is InChI=1S/C19H21FN4O2/c20-16-3-5-17(6-4-16)23-19(26)22-12-14-7-10-24(11-8-14)18(25)15-2-1-9-21-13-15/h1-6,9,13-14H,7-8,10-12H2,(H2,22,23,26). The molecule has 1 aliphatic heterocycles. The quantitative estimate of drug-likeness (QED) is 0.885. The highest BCUT2D eigenvalue weighted by Crippen LogP contribution is 2.18. The van der Waals surface area contributed by atoms with Crippen molar-refractivity contribution in [2.24, 2.45) is 5.92 Å². The number of pyridine rings is 1. The lowest BCUT2D eigenvalue weighted by atomic mass is 9.96. The lowest BCUT2D eigenvalue weighted by Crippen LogP contribution is -2.42. The van der Waals surface area contributed by atoms with Crippen LogP contribution in [0.4, 0.5) is 14.9 Å². The summed E-state index contributed by atoms with van der Waals surface area (Å²) in [6, 6.07) is 8.82. The van der Waals surface area contributed by atoms with Gasteiger partial charge in [-0.05, 0) is 55.2 Å². The molecule has 0 atom stereocenters. The number of hydrogen-bond acceptors (Lipinski definition) is 3. The summed E-state index contributed by atoms with van der Waals surface area (Å²) >= 11 is 0. The van der Waals surface area contributed by atoms with Gasteiger partial charge in [-0.25, -0.2) is 9.18 Å². The number of carbonyl (C=O) groups excluding carboxylic acids is 2. The van der Waals surface area contributed by atoms with Crippen molar-refractivity contribution in [1.29, 1.82) is 0 Å². The van der Waals surface area contributed by atoms with Crippen LogP contribution in [0.3, 0.4) is 0 Å². The molecule has 0 unspecified atom stereocenters. The van der Waals surface area contributed by atoms with Gasteiger partial charge in [0.2, 0.25) is 0 Å². The van der Waals surface area contributed by atoms with Gasteiger partial charge in [0, 0.05) is 37.7 Å².